The zero-order valence-corrected chi connectivity index (χ0v) is 7.08. The number of methoxy groups -OCH3 is 1. The van der Waals surface area contributed by atoms with E-state index >= 15 is 0 Å². The summed E-state index contributed by atoms with van der Waals surface area (Å²) >= 11 is 0. The Labute approximate surface area is 74.5 Å². The lowest BCUT2D eigenvalue weighted by Gasteiger charge is -2.01. The van der Waals surface area contributed by atoms with Gasteiger partial charge in [-0.1, -0.05) is 0 Å². The van der Waals surface area contributed by atoms with Gasteiger partial charge in [0.05, 0.1) is 19.7 Å². The molecule has 5 heteroatoms. The zero-order chi connectivity index (χ0) is 9.84. The lowest BCUT2D eigenvalue weighted by molar-refractivity contribution is -0.139. The lowest BCUT2D eigenvalue weighted by atomic mass is 10.2. The number of carbonyl (C=O) groups excluding carboxylic acids is 1. The van der Waals surface area contributed by atoms with Crippen LogP contribution in [-0.2, 0) is 16.0 Å². The molecule has 0 radical (unpaired) electrons. The average Bonchev–Trinajstić information content (AvgIpc) is 2.11. The molecule has 0 fully saturated rings. The number of ether oxygens (including phenoxy) is 1. The van der Waals surface area contributed by atoms with Crippen LogP contribution in [0.3, 0.4) is 0 Å². The monoisotopic (exact) mass is 184 g/mol. The third-order valence-electron chi connectivity index (χ3n) is 1.52. The summed E-state index contributed by atoms with van der Waals surface area (Å²) in [6, 6.07) is 1.31. The van der Waals surface area contributed by atoms with Crippen molar-refractivity contribution in [2.24, 2.45) is 0 Å². The molecule has 0 saturated heterocycles. The molecule has 0 atom stereocenters. The van der Waals surface area contributed by atoms with Gasteiger partial charge in [0.1, 0.15) is 11.6 Å². The van der Waals surface area contributed by atoms with Gasteiger partial charge in [0.25, 0.3) is 0 Å². The number of hydrogen-bond donors (Lipinski definition) is 1. The highest BCUT2D eigenvalue weighted by Gasteiger charge is 2.08. The number of nitrogens with zero attached hydrogens (tertiary/aromatic N) is 1. The van der Waals surface area contributed by atoms with Crippen molar-refractivity contribution in [3.63, 3.8) is 0 Å². The zero-order valence-electron chi connectivity index (χ0n) is 7.08. The van der Waals surface area contributed by atoms with E-state index in [0.29, 0.717) is 0 Å². The molecule has 0 spiro atoms. The molecule has 0 unspecified atom stereocenters. The highest BCUT2D eigenvalue weighted by Crippen LogP contribution is 2.09. The number of anilines is 1. The summed E-state index contributed by atoms with van der Waals surface area (Å²) < 4.78 is 17.3. The van der Waals surface area contributed by atoms with Crippen LogP contribution in [0, 0.1) is 5.82 Å². The second-order valence-electron chi connectivity index (χ2n) is 2.45. The summed E-state index contributed by atoms with van der Waals surface area (Å²) in [7, 11) is 1.24. The van der Waals surface area contributed by atoms with Crippen molar-refractivity contribution in [3.8, 4) is 0 Å². The quantitative estimate of drug-likeness (QED) is 0.680. The smallest absolute Gasteiger partial charge is 0.310 e. The first-order chi connectivity index (χ1) is 6.13. The molecule has 0 saturated carbocycles. The Morgan fingerprint density at radius 3 is 3.08 bits per heavy atom. The van der Waals surface area contributed by atoms with Crippen LogP contribution in [0.1, 0.15) is 5.56 Å². The lowest BCUT2D eigenvalue weighted by Crippen LogP contribution is -2.07. The number of hydrogen-bond acceptors (Lipinski definition) is 4. The van der Waals surface area contributed by atoms with Crippen molar-refractivity contribution in [2.75, 3.05) is 12.8 Å². The minimum atomic E-state index is -0.556. The first-order valence-electron chi connectivity index (χ1n) is 3.60. The van der Waals surface area contributed by atoms with Gasteiger partial charge in [0.15, 0.2) is 0 Å². The van der Waals surface area contributed by atoms with Gasteiger partial charge in [0.2, 0.25) is 0 Å². The van der Waals surface area contributed by atoms with Crippen molar-refractivity contribution in [2.45, 2.75) is 6.42 Å². The molecule has 70 valence electrons. The van der Waals surface area contributed by atoms with Crippen LogP contribution >= 0.6 is 0 Å². The van der Waals surface area contributed by atoms with E-state index in [2.05, 4.69) is 9.72 Å². The van der Waals surface area contributed by atoms with Crippen molar-refractivity contribution < 1.29 is 13.9 Å². The molecule has 1 heterocycles. The minimum absolute atomic E-state index is 0.130. The van der Waals surface area contributed by atoms with Crippen molar-refractivity contribution in [1.29, 1.82) is 0 Å². The topological polar surface area (TPSA) is 65.2 Å². The molecule has 0 bridgehead atoms. The fraction of sp³-hybridized carbons (Fsp3) is 0.250. The van der Waals surface area contributed by atoms with Gasteiger partial charge in [-0.15, -0.1) is 0 Å². The fourth-order valence-electron chi connectivity index (χ4n) is 0.862. The standard InChI is InChI=1S/C8H9FN2O2/c1-13-8(12)3-5-2-7(10)11-4-6(5)9/h2,4H,3H2,1H3,(H2,10,11). The summed E-state index contributed by atoms with van der Waals surface area (Å²) in [4.78, 5) is 14.3. The predicted octanol–water partition coefficient (Wildman–Crippen LogP) is 0.518. The van der Waals surface area contributed by atoms with Gasteiger partial charge >= 0.3 is 5.97 Å². The molecule has 0 amide bonds. The van der Waals surface area contributed by atoms with E-state index in [1.165, 1.54) is 13.2 Å². The van der Waals surface area contributed by atoms with Crippen LogP contribution in [-0.4, -0.2) is 18.1 Å². The number of pyridine rings is 1. The molecule has 0 aliphatic carbocycles. The average molecular weight is 184 g/mol. The second-order valence-corrected chi connectivity index (χ2v) is 2.45. The summed E-state index contributed by atoms with van der Waals surface area (Å²) in [5.74, 6) is -0.885. The minimum Gasteiger partial charge on any atom is -0.469 e. The molecule has 0 aliphatic rings. The number of carbonyl (C=O) groups is 1. The van der Waals surface area contributed by atoms with E-state index in [4.69, 9.17) is 5.73 Å². The van der Waals surface area contributed by atoms with Crippen LogP contribution in [0.15, 0.2) is 12.3 Å². The molecule has 0 aliphatic heterocycles. The summed E-state index contributed by atoms with van der Waals surface area (Å²) in [6.45, 7) is 0. The Balaban J connectivity index is 2.87. The maximum absolute atomic E-state index is 12.9. The third-order valence-corrected chi connectivity index (χ3v) is 1.52. The SMILES string of the molecule is COC(=O)Cc1cc(N)ncc1F. The number of rotatable bonds is 2. The van der Waals surface area contributed by atoms with Gasteiger partial charge < -0.3 is 10.5 Å². The summed E-state index contributed by atoms with van der Waals surface area (Å²) in [5.41, 5.74) is 5.51. The fourth-order valence-corrected chi connectivity index (χ4v) is 0.862. The van der Waals surface area contributed by atoms with Crippen LogP contribution in [0.4, 0.5) is 10.2 Å². The number of halogens is 1. The molecular weight excluding hydrogens is 175 g/mol. The van der Waals surface area contributed by atoms with E-state index in [-0.39, 0.29) is 17.8 Å². The first-order valence-corrected chi connectivity index (χ1v) is 3.60. The molecule has 13 heavy (non-hydrogen) atoms. The molecule has 1 rings (SSSR count). The van der Waals surface area contributed by atoms with Crippen molar-refractivity contribution in [3.05, 3.63) is 23.6 Å². The normalized spacial score (nSPS) is 9.69. The Morgan fingerprint density at radius 1 is 1.77 bits per heavy atom. The van der Waals surface area contributed by atoms with Crippen molar-refractivity contribution in [1.82, 2.24) is 4.98 Å². The van der Waals surface area contributed by atoms with Crippen LogP contribution in [0.25, 0.3) is 0 Å². The van der Waals surface area contributed by atoms with E-state index < -0.39 is 11.8 Å². The number of nitrogen functional groups attached to an aromatic ring is 1. The molecule has 2 N–H and O–H groups in total. The van der Waals surface area contributed by atoms with E-state index in [9.17, 15) is 9.18 Å². The van der Waals surface area contributed by atoms with Crippen LogP contribution in [0.2, 0.25) is 0 Å². The first kappa shape index (κ1) is 9.44. The van der Waals surface area contributed by atoms with Gasteiger partial charge in [-0.25, -0.2) is 9.37 Å². The number of nitrogens with two attached hydrogens (primary N) is 1. The maximum atomic E-state index is 12.9. The van der Waals surface area contributed by atoms with Crippen LogP contribution < -0.4 is 5.73 Å². The molecular formula is C8H9FN2O2. The Bertz CT molecular complexity index is 328. The van der Waals surface area contributed by atoms with Gasteiger partial charge in [-0.3, -0.25) is 4.79 Å². The summed E-state index contributed by atoms with van der Waals surface area (Å²) in [6.07, 6.45) is 0.850. The second kappa shape index (κ2) is 3.84. The van der Waals surface area contributed by atoms with E-state index in [0.717, 1.165) is 6.20 Å². The third kappa shape index (κ3) is 2.40. The highest BCUT2D eigenvalue weighted by molar-refractivity contribution is 5.72. The number of esters is 1. The highest BCUT2D eigenvalue weighted by atomic mass is 19.1. The van der Waals surface area contributed by atoms with E-state index in [1.807, 2.05) is 0 Å². The predicted molar refractivity (Wildman–Crippen MR) is 44.3 cm³/mol. The number of aromatic nitrogens is 1. The van der Waals surface area contributed by atoms with Crippen LogP contribution in [0.5, 0.6) is 0 Å². The van der Waals surface area contributed by atoms with Gasteiger partial charge in [0, 0.05) is 5.56 Å². The Hall–Kier alpha value is -1.65. The Kier molecular flexibility index (Phi) is 2.79. The Morgan fingerprint density at radius 2 is 2.46 bits per heavy atom. The summed E-state index contributed by atoms with van der Waals surface area (Å²) in [5, 5.41) is 0. The molecule has 1 aromatic rings. The van der Waals surface area contributed by atoms with E-state index in [1.54, 1.807) is 0 Å². The van der Waals surface area contributed by atoms with Crippen molar-refractivity contribution >= 4 is 11.8 Å². The largest absolute Gasteiger partial charge is 0.469 e. The molecule has 4 nitrogen and oxygen atoms in total. The molecule has 0 aromatic carbocycles. The molecule has 1 aromatic heterocycles. The van der Waals surface area contributed by atoms with Gasteiger partial charge in [-0.2, -0.15) is 0 Å². The van der Waals surface area contributed by atoms with Gasteiger partial charge in [-0.05, 0) is 6.07 Å². The maximum Gasteiger partial charge on any atom is 0.310 e.